The molecule has 1 N–H and O–H groups in total. The van der Waals surface area contributed by atoms with E-state index in [4.69, 9.17) is 0 Å². The third-order valence-electron chi connectivity index (χ3n) is 3.97. The van der Waals surface area contributed by atoms with E-state index < -0.39 is 9.84 Å². The van der Waals surface area contributed by atoms with E-state index in [0.717, 1.165) is 29.3 Å². The highest BCUT2D eigenvalue weighted by molar-refractivity contribution is 8.14. The molecule has 6 heteroatoms. The molecular formula is C15H22N2O2S2. The van der Waals surface area contributed by atoms with Gasteiger partial charge in [-0.3, -0.25) is 4.99 Å². The van der Waals surface area contributed by atoms with Gasteiger partial charge in [0.2, 0.25) is 0 Å². The lowest BCUT2D eigenvalue weighted by molar-refractivity contribution is 0.407. The van der Waals surface area contributed by atoms with Gasteiger partial charge in [0.25, 0.3) is 0 Å². The Morgan fingerprint density at radius 3 is 2.33 bits per heavy atom. The SMILES string of the molecule is CCC1(CC)CSC(=NCc2ccc(S(C)(=O)=O)cc2)N1. The molecule has 0 spiro atoms. The van der Waals surface area contributed by atoms with E-state index in [2.05, 4.69) is 24.2 Å². The van der Waals surface area contributed by atoms with Crippen LogP contribution < -0.4 is 5.32 Å². The van der Waals surface area contributed by atoms with Gasteiger partial charge in [0.1, 0.15) is 0 Å². The summed E-state index contributed by atoms with van der Waals surface area (Å²) in [6, 6.07) is 6.94. The number of nitrogens with zero attached hydrogens (tertiary/aromatic N) is 1. The number of rotatable bonds is 5. The first-order valence-electron chi connectivity index (χ1n) is 7.13. The summed E-state index contributed by atoms with van der Waals surface area (Å²) in [6.07, 6.45) is 3.41. The molecule has 0 saturated carbocycles. The van der Waals surface area contributed by atoms with Gasteiger partial charge in [0.15, 0.2) is 15.0 Å². The lowest BCUT2D eigenvalue weighted by Gasteiger charge is -2.25. The molecule has 1 aliphatic rings. The molecule has 1 aliphatic heterocycles. The molecule has 1 saturated heterocycles. The summed E-state index contributed by atoms with van der Waals surface area (Å²) in [5.41, 5.74) is 1.20. The van der Waals surface area contributed by atoms with Crippen molar-refractivity contribution >= 4 is 26.8 Å². The molecule has 1 heterocycles. The van der Waals surface area contributed by atoms with Crippen LogP contribution in [0.4, 0.5) is 0 Å². The van der Waals surface area contributed by atoms with E-state index in [0.29, 0.717) is 11.4 Å². The largest absolute Gasteiger partial charge is 0.359 e. The molecule has 0 radical (unpaired) electrons. The van der Waals surface area contributed by atoms with Gasteiger partial charge in [-0.05, 0) is 30.5 Å². The van der Waals surface area contributed by atoms with Crippen molar-refractivity contribution in [3.05, 3.63) is 29.8 Å². The molecule has 0 aliphatic carbocycles. The van der Waals surface area contributed by atoms with E-state index in [9.17, 15) is 8.42 Å². The molecule has 116 valence electrons. The van der Waals surface area contributed by atoms with Crippen LogP contribution in [0.2, 0.25) is 0 Å². The first kappa shape index (κ1) is 16.4. The molecule has 0 unspecified atom stereocenters. The molecule has 0 amide bonds. The standard InChI is InChI=1S/C15H22N2O2S2/c1-4-15(5-2)11-20-14(17-15)16-10-12-6-8-13(9-7-12)21(3,18)19/h6-9H,4-5,10-11H2,1-3H3,(H,16,17). The van der Waals surface area contributed by atoms with Gasteiger partial charge in [0, 0.05) is 17.5 Å². The van der Waals surface area contributed by atoms with E-state index in [1.165, 1.54) is 6.26 Å². The van der Waals surface area contributed by atoms with Gasteiger partial charge in [-0.15, -0.1) is 0 Å². The molecule has 2 rings (SSSR count). The second-order valence-corrected chi connectivity index (χ2v) is 8.42. The maximum atomic E-state index is 11.4. The maximum absolute atomic E-state index is 11.4. The van der Waals surface area contributed by atoms with Crippen LogP contribution in [0.5, 0.6) is 0 Å². The second-order valence-electron chi connectivity index (χ2n) is 5.44. The molecule has 21 heavy (non-hydrogen) atoms. The first-order valence-corrected chi connectivity index (χ1v) is 10.0. The fourth-order valence-corrected chi connectivity index (χ4v) is 4.20. The number of benzene rings is 1. The third-order valence-corrected chi connectivity index (χ3v) is 6.30. The Labute approximate surface area is 131 Å². The van der Waals surface area contributed by atoms with Crippen LogP contribution in [-0.2, 0) is 16.4 Å². The molecule has 4 nitrogen and oxygen atoms in total. The topological polar surface area (TPSA) is 58.5 Å². The molecule has 1 fully saturated rings. The second kappa shape index (κ2) is 6.40. The molecule has 0 bridgehead atoms. The third kappa shape index (κ3) is 4.01. The molecular weight excluding hydrogens is 304 g/mol. The van der Waals surface area contributed by atoms with Crippen LogP contribution in [0.3, 0.4) is 0 Å². The average molecular weight is 326 g/mol. The van der Waals surface area contributed by atoms with Crippen molar-refractivity contribution in [2.75, 3.05) is 12.0 Å². The van der Waals surface area contributed by atoms with Crippen molar-refractivity contribution in [3.8, 4) is 0 Å². The number of amidine groups is 1. The summed E-state index contributed by atoms with van der Waals surface area (Å²) in [6.45, 7) is 4.97. The summed E-state index contributed by atoms with van der Waals surface area (Å²) in [5, 5.41) is 4.52. The number of thioether (sulfide) groups is 1. The average Bonchev–Trinajstić information content (AvgIpc) is 2.89. The van der Waals surface area contributed by atoms with Gasteiger partial charge in [-0.2, -0.15) is 0 Å². The number of hydrogen-bond acceptors (Lipinski definition) is 4. The van der Waals surface area contributed by atoms with E-state index in [1.807, 2.05) is 12.1 Å². The minimum Gasteiger partial charge on any atom is -0.359 e. The summed E-state index contributed by atoms with van der Waals surface area (Å²) in [7, 11) is -3.12. The number of nitrogens with one attached hydrogen (secondary N) is 1. The zero-order chi connectivity index (χ0) is 15.5. The summed E-state index contributed by atoms with van der Waals surface area (Å²) in [4.78, 5) is 4.95. The van der Waals surface area contributed by atoms with Crippen molar-refractivity contribution in [1.29, 1.82) is 0 Å². The highest BCUT2D eigenvalue weighted by Crippen LogP contribution is 2.29. The fraction of sp³-hybridized carbons (Fsp3) is 0.533. The van der Waals surface area contributed by atoms with E-state index >= 15 is 0 Å². The smallest absolute Gasteiger partial charge is 0.175 e. The van der Waals surface area contributed by atoms with Gasteiger partial charge in [-0.1, -0.05) is 37.7 Å². The highest BCUT2D eigenvalue weighted by Gasteiger charge is 2.33. The van der Waals surface area contributed by atoms with Crippen LogP contribution in [0, 0.1) is 0 Å². The van der Waals surface area contributed by atoms with E-state index in [1.54, 1.807) is 23.9 Å². The lowest BCUT2D eigenvalue weighted by atomic mass is 9.96. The quantitative estimate of drug-likeness (QED) is 0.904. The van der Waals surface area contributed by atoms with Crippen molar-refractivity contribution < 1.29 is 8.42 Å². The summed E-state index contributed by atoms with van der Waals surface area (Å²) >= 11 is 1.77. The maximum Gasteiger partial charge on any atom is 0.175 e. The zero-order valence-electron chi connectivity index (χ0n) is 12.7. The predicted octanol–water partition coefficient (Wildman–Crippen LogP) is 2.84. The predicted molar refractivity (Wildman–Crippen MR) is 89.6 cm³/mol. The summed E-state index contributed by atoms with van der Waals surface area (Å²) in [5.74, 6) is 1.06. The van der Waals surface area contributed by atoms with Crippen molar-refractivity contribution in [3.63, 3.8) is 0 Å². The normalized spacial score (nSPS) is 19.7. The number of hydrogen-bond donors (Lipinski definition) is 1. The molecule has 0 atom stereocenters. The Hall–Kier alpha value is -1.01. The molecule has 1 aromatic carbocycles. The first-order chi connectivity index (χ1) is 9.88. The molecule has 1 aromatic rings. The zero-order valence-corrected chi connectivity index (χ0v) is 14.4. The fourth-order valence-electron chi connectivity index (χ4n) is 2.23. The Balaban J connectivity index is 2.02. The summed E-state index contributed by atoms with van der Waals surface area (Å²) < 4.78 is 22.8. The Morgan fingerprint density at radius 2 is 1.86 bits per heavy atom. The van der Waals surface area contributed by atoms with Crippen LogP contribution in [0.25, 0.3) is 0 Å². The monoisotopic (exact) mass is 326 g/mol. The van der Waals surface area contributed by atoms with Gasteiger partial charge in [-0.25, -0.2) is 8.42 Å². The van der Waals surface area contributed by atoms with Crippen molar-refractivity contribution in [1.82, 2.24) is 5.32 Å². The minimum absolute atomic E-state index is 0.184. The Kier molecular flexibility index (Phi) is 4.99. The van der Waals surface area contributed by atoms with Crippen LogP contribution in [-0.4, -0.2) is 31.1 Å². The van der Waals surface area contributed by atoms with Crippen LogP contribution in [0.1, 0.15) is 32.3 Å². The number of aliphatic imine (C=N–C) groups is 1. The molecule has 0 aromatic heterocycles. The van der Waals surface area contributed by atoms with Gasteiger partial charge in [0.05, 0.1) is 11.4 Å². The van der Waals surface area contributed by atoms with Crippen LogP contribution in [0.15, 0.2) is 34.2 Å². The Morgan fingerprint density at radius 1 is 1.24 bits per heavy atom. The van der Waals surface area contributed by atoms with E-state index in [-0.39, 0.29) is 5.54 Å². The minimum atomic E-state index is -3.12. The lowest BCUT2D eigenvalue weighted by Crippen LogP contribution is -2.42. The number of sulfone groups is 1. The Bertz CT molecular complexity index is 618. The van der Waals surface area contributed by atoms with Gasteiger partial charge >= 0.3 is 0 Å². The van der Waals surface area contributed by atoms with Crippen molar-refractivity contribution in [2.24, 2.45) is 4.99 Å². The highest BCUT2D eigenvalue weighted by atomic mass is 32.2. The van der Waals surface area contributed by atoms with Crippen molar-refractivity contribution in [2.45, 2.75) is 43.7 Å². The van der Waals surface area contributed by atoms with Crippen LogP contribution >= 0.6 is 11.8 Å². The van der Waals surface area contributed by atoms with Gasteiger partial charge < -0.3 is 5.32 Å².